The van der Waals surface area contributed by atoms with Gasteiger partial charge in [0.15, 0.2) is 0 Å². The Morgan fingerprint density at radius 3 is 2.50 bits per heavy atom. The predicted molar refractivity (Wildman–Crippen MR) is 64.5 cm³/mol. The minimum Gasteiger partial charge on any atom is -0.373 e. The maximum absolute atomic E-state index is 5.79. The molecule has 3 saturated heterocycles. The van der Waals surface area contributed by atoms with Gasteiger partial charge >= 0.3 is 0 Å². The molecule has 3 rings (SSSR count). The van der Waals surface area contributed by atoms with Gasteiger partial charge in [0.25, 0.3) is 0 Å². The van der Waals surface area contributed by atoms with Gasteiger partial charge in [-0.2, -0.15) is 0 Å². The molecule has 5 atom stereocenters. The van der Waals surface area contributed by atoms with Crippen LogP contribution in [0.25, 0.3) is 0 Å². The molecule has 3 fully saturated rings. The monoisotopic (exact) mass is 224 g/mol. The number of nitrogens with zero attached hydrogens (tertiary/aromatic N) is 1. The van der Waals surface area contributed by atoms with Crippen molar-refractivity contribution in [3.63, 3.8) is 0 Å². The van der Waals surface area contributed by atoms with Crippen LogP contribution in [0.4, 0.5) is 0 Å². The molecule has 3 aliphatic heterocycles. The number of rotatable bonds is 2. The van der Waals surface area contributed by atoms with Crippen LogP contribution >= 0.6 is 0 Å². The minimum atomic E-state index is 0.412. The van der Waals surface area contributed by atoms with E-state index in [2.05, 4.69) is 24.1 Å². The molecule has 3 aliphatic rings. The Labute approximate surface area is 98.5 Å². The van der Waals surface area contributed by atoms with Crippen molar-refractivity contribution in [2.75, 3.05) is 19.6 Å². The lowest BCUT2D eigenvalue weighted by Gasteiger charge is -2.37. The van der Waals surface area contributed by atoms with Gasteiger partial charge in [0, 0.05) is 31.7 Å². The number of ether oxygens (including phenoxy) is 1. The van der Waals surface area contributed by atoms with Crippen molar-refractivity contribution in [3.05, 3.63) is 0 Å². The summed E-state index contributed by atoms with van der Waals surface area (Å²) < 4.78 is 5.79. The maximum atomic E-state index is 5.79. The zero-order valence-corrected chi connectivity index (χ0v) is 10.5. The van der Waals surface area contributed by atoms with Crippen LogP contribution in [-0.2, 0) is 4.74 Å². The molecule has 0 aromatic carbocycles. The van der Waals surface area contributed by atoms with E-state index >= 15 is 0 Å². The van der Waals surface area contributed by atoms with E-state index in [1.165, 1.54) is 25.8 Å². The third-order valence-corrected chi connectivity index (χ3v) is 4.42. The topological polar surface area (TPSA) is 24.5 Å². The van der Waals surface area contributed by atoms with E-state index in [9.17, 15) is 0 Å². The molecule has 0 radical (unpaired) electrons. The number of hydrogen-bond donors (Lipinski definition) is 1. The summed E-state index contributed by atoms with van der Waals surface area (Å²) in [4.78, 5) is 2.62. The molecule has 3 heterocycles. The third-order valence-electron chi connectivity index (χ3n) is 4.42. The normalized spacial score (nSPS) is 48.8. The van der Waals surface area contributed by atoms with Crippen molar-refractivity contribution >= 4 is 0 Å². The minimum absolute atomic E-state index is 0.412. The highest BCUT2D eigenvalue weighted by atomic mass is 16.5. The number of fused-ring (bicyclic) bond motifs is 2. The summed E-state index contributed by atoms with van der Waals surface area (Å²) in [7, 11) is 0. The largest absolute Gasteiger partial charge is 0.373 e. The van der Waals surface area contributed by atoms with Crippen LogP contribution in [-0.4, -0.2) is 48.8 Å². The van der Waals surface area contributed by atoms with Crippen LogP contribution in [0.2, 0.25) is 0 Å². The Kier molecular flexibility index (Phi) is 2.94. The first-order chi connectivity index (χ1) is 7.70. The number of nitrogens with one attached hydrogen (secondary N) is 1. The number of morpholine rings is 1. The Balaban J connectivity index is 1.54. The van der Waals surface area contributed by atoms with Gasteiger partial charge in [-0.05, 0) is 39.0 Å². The first-order valence-corrected chi connectivity index (χ1v) is 6.84. The van der Waals surface area contributed by atoms with Gasteiger partial charge in [0.2, 0.25) is 0 Å². The fraction of sp³-hybridized carbons (Fsp3) is 1.00. The quantitative estimate of drug-likeness (QED) is 0.763. The van der Waals surface area contributed by atoms with Gasteiger partial charge in [0.1, 0.15) is 0 Å². The first kappa shape index (κ1) is 11.0. The van der Waals surface area contributed by atoms with Crippen molar-refractivity contribution in [3.8, 4) is 0 Å². The van der Waals surface area contributed by atoms with Gasteiger partial charge < -0.3 is 10.1 Å². The summed E-state index contributed by atoms with van der Waals surface area (Å²) in [5.41, 5.74) is 0. The highest BCUT2D eigenvalue weighted by Gasteiger charge is 2.40. The van der Waals surface area contributed by atoms with E-state index in [-0.39, 0.29) is 0 Å². The second-order valence-electron chi connectivity index (χ2n) is 6.02. The molecular weight excluding hydrogens is 200 g/mol. The molecule has 2 bridgehead atoms. The van der Waals surface area contributed by atoms with Crippen molar-refractivity contribution in [1.82, 2.24) is 10.2 Å². The van der Waals surface area contributed by atoms with E-state index in [0.717, 1.165) is 31.1 Å². The lowest BCUT2D eigenvalue weighted by atomic mass is 9.88. The predicted octanol–water partition coefficient (Wildman–Crippen LogP) is 1.24. The maximum Gasteiger partial charge on any atom is 0.0678 e. The van der Waals surface area contributed by atoms with Crippen LogP contribution in [0.3, 0.4) is 0 Å². The molecule has 3 heteroatoms. The molecule has 92 valence electrons. The van der Waals surface area contributed by atoms with Crippen molar-refractivity contribution < 1.29 is 4.74 Å². The average molecular weight is 224 g/mol. The molecule has 3 nitrogen and oxygen atoms in total. The molecule has 0 aromatic rings. The molecule has 0 aromatic heterocycles. The van der Waals surface area contributed by atoms with E-state index in [0.29, 0.717) is 12.2 Å². The van der Waals surface area contributed by atoms with Gasteiger partial charge in [-0.15, -0.1) is 0 Å². The van der Waals surface area contributed by atoms with Gasteiger partial charge in [0.05, 0.1) is 12.2 Å². The Morgan fingerprint density at radius 2 is 1.94 bits per heavy atom. The summed E-state index contributed by atoms with van der Waals surface area (Å²) in [5.74, 6) is 0.899. The lowest BCUT2D eigenvalue weighted by molar-refractivity contribution is -0.0720. The summed E-state index contributed by atoms with van der Waals surface area (Å²) in [6, 6.07) is 1.66. The van der Waals surface area contributed by atoms with Gasteiger partial charge in [-0.3, -0.25) is 4.90 Å². The highest BCUT2D eigenvalue weighted by molar-refractivity contribution is 4.98. The van der Waals surface area contributed by atoms with Gasteiger partial charge in [-0.1, -0.05) is 0 Å². The molecule has 1 N–H and O–H groups in total. The summed E-state index contributed by atoms with van der Waals surface area (Å²) in [6.45, 7) is 7.92. The van der Waals surface area contributed by atoms with Crippen molar-refractivity contribution in [1.29, 1.82) is 0 Å². The van der Waals surface area contributed by atoms with Crippen molar-refractivity contribution in [2.24, 2.45) is 5.92 Å². The van der Waals surface area contributed by atoms with Crippen LogP contribution in [0.1, 0.15) is 33.1 Å². The summed E-state index contributed by atoms with van der Waals surface area (Å²) in [6.07, 6.45) is 5.05. The highest BCUT2D eigenvalue weighted by Crippen LogP contribution is 2.34. The van der Waals surface area contributed by atoms with Crippen LogP contribution < -0.4 is 5.32 Å². The van der Waals surface area contributed by atoms with E-state index in [1.54, 1.807) is 0 Å². The average Bonchev–Trinajstić information content (AvgIpc) is 2.77. The Morgan fingerprint density at radius 1 is 1.19 bits per heavy atom. The van der Waals surface area contributed by atoms with Crippen LogP contribution in [0, 0.1) is 5.92 Å². The third kappa shape index (κ3) is 2.13. The summed E-state index contributed by atoms with van der Waals surface area (Å²) in [5, 5.41) is 3.73. The van der Waals surface area contributed by atoms with E-state index in [1.807, 2.05) is 0 Å². The fourth-order valence-electron chi connectivity index (χ4n) is 3.90. The SMILES string of the molecule is C[C@@H]1CN(CC2CC3CCC2N3)C[C@H](C)O1. The zero-order chi connectivity index (χ0) is 11.1. The molecule has 0 amide bonds. The molecule has 0 aliphatic carbocycles. The van der Waals surface area contributed by atoms with Crippen LogP contribution in [0.15, 0.2) is 0 Å². The molecule has 0 saturated carbocycles. The van der Waals surface area contributed by atoms with Crippen molar-refractivity contribution in [2.45, 2.75) is 57.4 Å². The molecule has 0 spiro atoms. The molecule has 3 unspecified atom stereocenters. The first-order valence-electron chi connectivity index (χ1n) is 6.84. The standard InChI is InChI=1S/C13H24N2O/c1-9-6-15(7-10(2)16-9)8-11-5-12-3-4-13(11)14-12/h9-14H,3-8H2,1-2H3/t9-,10+,11?,12?,13?. The molecule has 16 heavy (non-hydrogen) atoms. The second kappa shape index (κ2) is 4.28. The summed E-state index contributed by atoms with van der Waals surface area (Å²) >= 11 is 0. The van der Waals surface area contributed by atoms with E-state index < -0.39 is 0 Å². The Bertz CT molecular complexity index is 248. The lowest BCUT2D eigenvalue weighted by Crippen LogP contribution is -2.48. The second-order valence-corrected chi connectivity index (χ2v) is 6.02. The van der Waals surface area contributed by atoms with Crippen LogP contribution in [0.5, 0.6) is 0 Å². The smallest absolute Gasteiger partial charge is 0.0678 e. The number of hydrogen-bond acceptors (Lipinski definition) is 3. The van der Waals surface area contributed by atoms with Gasteiger partial charge in [-0.25, -0.2) is 0 Å². The Hall–Kier alpha value is -0.120. The molecular formula is C13H24N2O. The fourth-order valence-corrected chi connectivity index (χ4v) is 3.90. The zero-order valence-electron chi connectivity index (χ0n) is 10.5. The van der Waals surface area contributed by atoms with E-state index in [4.69, 9.17) is 4.74 Å².